The van der Waals surface area contributed by atoms with Crippen molar-refractivity contribution in [2.75, 3.05) is 13.2 Å². The van der Waals surface area contributed by atoms with Crippen LogP contribution in [0.2, 0.25) is 0 Å². The number of nitrogens with one attached hydrogen (secondary N) is 1. The molecule has 6 rings (SSSR count). The minimum absolute atomic E-state index is 0.00615. The standard InChI is InChI=1S/C25H29NO2/c27-23(16-28-22-9-5-2-6-10-22)26-18-24-12-19-11-20(13-24)15-25(14-19,17-24)21-7-3-1-4-8-21/h1-10,19-20H,11-18H2,(H,26,27). The molecule has 0 aliphatic heterocycles. The predicted octanol–water partition coefficient (Wildman–Crippen LogP) is 4.72. The van der Waals surface area contributed by atoms with Crippen molar-refractivity contribution in [1.29, 1.82) is 0 Å². The van der Waals surface area contributed by atoms with Crippen LogP contribution in [-0.4, -0.2) is 19.1 Å². The van der Waals surface area contributed by atoms with Gasteiger partial charge in [0.05, 0.1) is 0 Å². The summed E-state index contributed by atoms with van der Waals surface area (Å²) < 4.78 is 5.62. The maximum Gasteiger partial charge on any atom is 0.257 e. The summed E-state index contributed by atoms with van der Waals surface area (Å²) in [6, 6.07) is 20.7. The van der Waals surface area contributed by atoms with Gasteiger partial charge in [0.1, 0.15) is 5.75 Å². The van der Waals surface area contributed by atoms with E-state index in [0.29, 0.717) is 5.41 Å². The van der Waals surface area contributed by atoms with Gasteiger partial charge in [0, 0.05) is 6.54 Å². The number of ether oxygens (including phenoxy) is 1. The number of benzene rings is 2. The Bertz CT molecular complexity index is 818. The van der Waals surface area contributed by atoms with Gasteiger partial charge in [-0.2, -0.15) is 0 Å². The Morgan fingerprint density at radius 2 is 1.57 bits per heavy atom. The van der Waals surface area contributed by atoms with E-state index in [4.69, 9.17) is 4.74 Å². The van der Waals surface area contributed by atoms with E-state index in [1.807, 2.05) is 30.3 Å². The van der Waals surface area contributed by atoms with E-state index in [-0.39, 0.29) is 17.9 Å². The SMILES string of the molecule is O=C(COc1ccccc1)NCC12CC3CC(C1)CC(c1ccccc1)(C3)C2. The van der Waals surface area contributed by atoms with E-state index in [9.17, 15) is 4.79 Å². The topological polar surface area (TPSA) is 38.3 Å². The molecule has 4 fully saturated rings. The first-order valence-electron chi connectivity index (χ1n) is 10.6. The van der Waals surface area contributed by atoms with Crippen LogP contribution in [0.3, 0.4) is 0 Å². The van der Waals surface area contributed by atoms with Gasteiger partial charge in [-0.15, -0.1) is 0 Å². The first kappa shape index (κ1) is 17.8. The first-order chi connectivity index (χ1) is 13.6. The van der Waals surface area contributed by atoms with Crippen molar-refractivity contribution < 1.29 is 9.53 Å². The van der Waals surface area contributed by atoms with Crippen LogP contribution < -0.4 is 10.1 Å². The molecule has 0 spiro atoms. The van der Waals surface area contributed by atoms with Gasteiger partial charge in [0.15, 0.2) is 6.61 Å². The fourth-order valence-electron chi connectivity index (χ4n) is 6.79. The highest BCUT2D eigenvalue weighted by Crippen LogP contribution is 2.65. The normalized spacial score (nSPS) is 32.9. The molecule has 4 saturated carbocycles. The Morgan fingerprint density at radius 1 is 0.929 bits per heavy atom. The van der Waals surface area contributed by atoms with Crippen molar-refractivity contribution in [3.63, 3.8) is 0 Å². The van der Waals surface area contributed by atoms with Crippen LogP contribution in [0.15, 0.2) is 60.7 Å². The zero-order valence-corrected chi connectivity index (χ0v) is 16.4. The third-order valence-corrected chi connectivity index (χ3v) is 7.34. The minimum Gasteiger partial charge on any atom is -0.484 e. The van der Waals surface area contributed by atoms with Crippen molar-refractivity contribution in [3.8, 4) is 5.75 Å². The van der Waals surface area contributed by atoms with Crippen LogP contribution in [0.1, 0.15) is 44.1 Å². The van der Waals surface area contributed by atoms with Crippen LogP contribution >= 0.6 is 0 Å². The van der Waals surface area contributed by atoms with Crippen LogP contribution in [0.25, 0.3) is 0 Å². The summed E-state index contributed by atoms with van der Waals surface area (Å²) in [4.78, 5) is 12.4. The lowest BCUT2D eigenvalue weighted by molar-refractivity contribution is -0.125. The Hall–Kier alpha value is -2.29. The second kappa shape index (κ2) is 6.95. The van der Waals surface area contributed by atoms with Crippen LogP contribution in [0, 0.1) is 17.3 Å². The van der Waals surface area contributed by atoms with Crippen molar-refractivity contribution in [2.24, 2.45) is 17.3 Å². The number of hydrogen-bond acceptors (Lipinski definition) is 2. The lowest BCUT2D eigenvalue weighted by Crippen LogP contribution is -2.57. The fourth-order valence-corrected chi connectivity index (χ4v) is 6.79. The molecular weight excluding hydrogens is 346 g/mol. The lowest BCUT2D eigenvalue weighted by Gasteiger charge is -2.62. The Kier molecular flexibility index (Phi) is 4.41. The van der Waals surface area contributed by atoms with E-state index >= 15 is 0 Å². The van der Waals surface area contributed by atoms with E-state index in [2.05, 4.69) is 35.6 Å². The number of carbonyl (C=O) groups excluding carboxylic acids is 1. The van der Waals surface area contributed by atoms with Crippen LogP contribution in [0.4, 0.5) is 0 Å². The quantitative estimate of drug-likeness (QED) is 0.793. The Morgan fingerprint density at radius 3 is 2.25 bits per heavy atom. The van der Waals surface area contributed by atoms with Crippen molar-refractivity contribution >= 4 is 5.91 Å². The van der Waals surface area contributed by atoms with E-state index in [1.54, 1.807) is 0 Å². The van der Waals surface area contributed by atoms with Gasteiger partial charge in [0.25, 0.3) is 5.91 Å². The average Bonchev–Trinajstić information content (AvgIpc) is 2.71. The predicted molar refractivity (Wildman–Crippen MR) is 110 cm³/mol. The van der Waals surface area contributed by atoms with Gasteiger partial charge in [-0.1, -0.05) is 48.5 Å². The lowest BCUT2D eigenvalue weighted by atomic mass is 9.43. The first-order valence-corrected chi connectivity index (χ1v) is 10.6. The van der Waals surface area contributed by atoms with E-state index in [1.165, 1.54) is 44.1 Å². The molecule has 0 aromatic heterocycles. The molecule has 1 N–H and O–H groups in total. The van der Waals surface area contributed by atoms with E-state index < -0.39 is 0 Å². The summed E-state index contributed by atoms with van der Waals surface area (Å²) >= 11 is 0. The molecule has 4 aliphatic carbocycles. The highest BCUT2D eigenvalue weighted by atomic mass is 16.5. The molecule has 2 aromatic carbocycles. The molecule has 3 heteroatoms. The summed E-state index contributed by atoms with van der Waals surface area (Å²) in [6.45, 7) is 0.891. The van der Waals surface area contributed by atoms with Gasteiger partial charge >= 0.3 is 0 Å². The minimum atomic E-state index is -0.00615. The summed E-state index contributed by atoms with van der Waals surface area (Å²) in [5.74, 6) is 2.38. The summed E-state index contributed by atoms with van der Waals surface area (Å²) in [6.07, 6.45) is 7.83. The van der Waals surface area contributed by atoms with Crippen LogP contribution in [0.5, 0.6) is 5.75 Å². The third-order valence-electron chi connectivity index (χ3n) is 7.34. The summed E-state index contributed by atoms with van der Waals surface area (Å²) in [5, 5.41) is 3.21. The third kappa shape index (κ3) is 3.32. The fraction of sp³-hybridized carbons (Fsp3) is 0.480. The molecule has 4 bridgehead atoms. The molecule has 0 heterocycles. The zero-order chi connectivity index (χ0) is 19.0. The number of para-hydroxylation sites is 1. The highest BCUT2D eigenvalue weighted by Gasteiger charge is 2.57. The number of hydrogen-bond donors (Lipinski definition) is 1. The second-order valence-electron chi connectivity index (χ2n) is 9.49. The molecule has 28 heavy (non-hydrogen) atoms. The molecule has 4 aliphatic rings. The van der Waals surface area contributed by atoms with Crippen molar-refractivity contribution in [3.05, 3.63) is 66.2 Å². The van der Waals surface area contributed by atoms with Gasteiger partial charge < -0.3 is 10.1 Å². The summed E-state index contributed by atoms with van der Waals surface area (Å²) in [5.41, 5.74) is 2.12. The second-order valence-corrected chi connectivity index (χ2v) is 9.49. The molecule has 2 aromatic rings. The molecule has 1 amide bonds. The smallest absolute Gasteiger partial charge is 0.257 e. The number of rotatable bonds is 6. The van der Waals surface area contributed by atoms with Crippen LogP contribution in [-0.2, 0) is 10.2 Å². The van der Waals surface area contributed by atoms with Crippen molar-refractivity contribution in [1.82, 2.24) is 5.32 Å². The Balaban J connectivity index is 1.26. The summed E-state index contributed by atoms with van der Waals surface area (Å²) in [7, 11) is 0. The number of carbonyl (C=O) groups is 1. The van der Waals surface area contributed by atoms with Gasteiger partial charge in [-0.05, 0) is 78.9 Å². The molecule has 146 valence electrons. The molecular formula is C25H29NO2. The van der Waals surface area contributed by atoms with Gasteiger partial charge in [0.2, 0.25) is 0 Å². The number of amides is 1. The highest BCUT2D eigenvalue weighted by molar-refractivity contribution is 5.77. The molecule has 0 saturated heterocycles. The molecule has 0 radical (unpaired) electrons. The molecule has 3 nitrogen and oxygen atoms in total. The largest absolute Gasteiger partial charge is 0.484 e. The maximum atomic E-state index is 12.4. The monoisotopic (exact) mass is 375 g/mol. The van der Waals surface area contributed by atoms with Gasteiger partial charge in [-0.25, -0.2) is 0 Å². The van der Waals surface area contributed by atoms with E-state index in [0.717, 1.165) is 24.1 Å². The Labute approximate surface area is 167 Å². The molecule has 2 atom stereocenters. The molecule has 2 unspecified atom stereocenters. The zero-order valence-electron chi connectivity index (χ0n) is 16.4. The van der Waals surface area contributed by atoms with Crippen molar-refractivity contribution in [2.45, 2.75) is 43.9 Å². The maximum absolute atomic E-state index is 12.4. The van der Waals surface area contributed by atoms with Gasteiger partial charge in [-0.3, -0.25) is 4.79 Å². The average molecular weight is 376 g/mol.